The topological polar surface area (TPSA) is 74.4 Å². The quantitative estimate of drug-likeness (QED) is 0.698. The Balaban J connectivity index is 1.76. The third kappa shape index (κ3) is 4.28. The Morgan fingerprint density at radius 2 is 1.96 bits per heavy atom. The molecule has 6 heteroatoms. The van der Waals surface area contributed by atoms with E-state index in [-0.39, 0.29) is 11.8 Å². The van der Waals surface area contributed by atoms with Crippen molar-refractivity contribution in [3.05, 3.63) is 59.8 Å². The summed E-state index contributed by atoms with van der Waals surface area (Å²) in [6, 6.07) is 15.0. The van der Waals surface area contributed by atoms with Crippen LogP contribution in [0.4, 0.5) is 5.69 Å². The van der Waals surface area contributed by atoms with Crippen molar-refractivity contribution < 1.29 is 14.3 Å². The second-order valence-electron chi connectivity index (χ2n) is 6.32. The lowest BCUT2D eigenvalue weighted by Crippen LogP contribution is -2.27. The first-order chi connectivity index (χ1) is 13.0. The molecule has 0 saturated heterocycles. The molecule has 0 spiro atoms. The third-order valence-electron chi connectivity index (χ3n) is 4.46. The molecule has 2 amide bonds. The number of aromatic amines is 1. The number of amides is 2. The Morgan fingerprint density at radius 1 is 1.15 bits per heavy atom. The number of benzene rings is 2. The number of methoxy groups -OCH3 is 1. The van der Waals surface area contributed by atoms with Gasteiger partial charge in [0.25, 0.3) is 5.91 Å². The van der Waals surface area contributed by atoms with E-state index in [1.54, 1.807) is 18.9 Å². The van der Waals surface area contributed by atoms with Gasteiger partial charge in [0.05, 0.1) is 7.11 Å². The minimum Gasteiger partial charge on any atom is -0.497 e. The van der Waals surface area contributed by atoms with Crippen molar-refractivity contribution in [2.24, 2.45) is 0 Å². The largest absolute Gasteiger partial charge is 0.497 e. The van der Waals surface area contributed by atoms with Crippen molar-refractivity contribution in [2.75, 3.05) is 19.0 Å². The zero-order valence-corrected chi connectivity index (χ0v) is 15.7. The summed E-state index contributed by atoms with van der Waals surface area (Å²) in [7, 11) is 1.61. The summed E-state index contributed by atoms with van der Waals surface area (Å²) in [6.07, 6.45) is 0. The number of carbonyl (C=O) groups excluding carboxylic acids is 2. The lowest BCUT2D eigenvalue weighted by atomic mass is 10.2. The highest BCUT2D eigenvalue weighted by molar-refractivity contribution is 6.06. The summed E-state index contributed by atoms with van der Waals surface area (Å²) in [4.78, 5) is 29.1. The summed E-state index contributed by atoms with van der Waals surface area (Å²) < 4.78 is 5.21. The van der Waals surface area contributed by atoms with Crippen LogP contribution in [-0.4, -0.2) is 35.4 Å². The minimum absolute atomic E-state index is 0.0282. The predicted octanol–water partition coefficient (Wildman–Crippen LogP) is 3.80. The highest BCUT2D eigenvalue weighted by Crippen LogP contribution is 2.22. The Bertz CT molecular complexity index is 978. The van der Waals surface area contributed by atoms with Gasteiger partial charge in [0.15, 0.2) is 0 Å². The van der Waals surface area contributed by atoms with E-state index in [0.29, 0.717) is 24.5 Å². The first-order valence-corrected chi connectivity index (χ1v) is 8.82. The van der Waals surface area contributed by atoms with E-state index >= 15 is 0 Å². The van der Waals surface area contributed by atoms with Crippen molar-refractivity contribution >= 4 is 28.4 Å². The molecule has 3 rings (SSSR count). The molecule has 0 bridgehead atoms. The summed E-state index contributed by atoms with van der Waals surface area (Å²) in [6.45, 7) is 4.66. The van der Waals surface area contributed by atoms with Crippen LogP contribution in [-0.2, 0) is 11.3 Å². The Kier molecular flexibility index (Phi) is 5.45. The van der Waals surface area contributed by atoms with E-state index in [9.17, 15) is 9.59 Å². The monoisotopic (exact) mass is 365 g/mol. The lowest BCUT2D eigenvalue weighted by Gasteiger charge is -2.19. The molecule has 140 valence electrons. The average molecular weight is 365 g/mol. The molecule has 1 heterocycles. The fourth-order valence-corrected chi connectivity index (χ4v) is 2.97. The molecule has 0 unspecified atom stereocenters. The van der Waals surface area contributed by atoms with Crippen molar-refractivity contribution in [3.8, 4) is 5.75 Å². The number of hydrogen-bond acceptors (Lipinski definition) is 3. The first kappa shape index (κ1) is 18.5. The zero-order chi connectivity index (χ0) is 19.4. The van der Waals surface area contributed by atoms with Gasteiger partial charge in [-0.2, -0.15) is 0 Å². The maximum atomic E-state index is 12.6. The Morgan fingerprint density at radius 3 is 2.67 bits per heavy atom. The van der Waals surface area contributed by atoms with Crippen molar-refractivity contribution in [1.82, 2.24) is 9.88 Å². The first-order valence-electron chi connectivity index (χ1n) is 8.82. The lowest BCUT2D eigenvalue weighted by molar-refractivity contribution is -0.129. The Hall–Kier alpha value is -3.28. The highest BCUT2D eigenvalue weighted by Gasteiger charge is 2.12. The van der Waals surface area contributed by atoms with Gasteiger partial charge in [-0.15, -0.1) is 0 Å². The van der Waals surface area contributed by atoms with E-state index in [1.165, 1.54) is 0 Å². The van der Waals surface area contributed by atoms with Crippen molar-refractivity contribution in [1.29, 1.82) is 0 Å². The number of aromatic nitrogens is 1. The molecule has 2 aromatic carbocycles. The van der Waals surface area contributed by atoms with Gasteiger partial charge in [0, 0.05) is 42.7 Å². The summed E-state index contributed by atoms with van der Waals surface area (Å²) in [5.41, 5.74) is 2.97. The number of anilines is 1. The predicted molar refractivity (Wildman–Crippen MR) is 106 cm³/mol. The van der Waals surface area contributed by atoms with Crippen LogP contribution < -0.4 is 10.1 Å². The second kappa shape index (κ2) is 7.95. The number of ether oxygens (including phenoxy) is 1. The van der Waals surface area contributed by atoms with Crippen LogP contribution in [0.25, 0.3) is 10.9 Å². The van der Waals surface area contributed by atoms with Crippen molar-refractivity contribution in [3.63, 3.8) is 0 Å². The van der Waals surface area contributed by atoms with Crippen molar-refractivity contribution in [2.45, 2.75) is 20.4 Å². The molecule has 0 aliphatic carbocycles. The normalized spacial score (nSPS) is 10.6. The van der Waals surface area contributed by atoms with Crippen LogP contribution in [0.1, 0.15) is 29.9 Å². The standard InChI is InChI=1S/C21H23N3O3/c1-4-24(14(2)25)13-15-6-5-7-17(10-15)22-21(26)20-11-16-8-9-18(27-3)12-19(16)23-20/h5-12,23H,4,13H2,1-3H3,(H,22,26). The smallest absolute Gasteiger partial charge is 0.272 e. The second-order valence-corrected chi connectivity index (χ2v) is 6.32. The Labute approximate surface area is 158 Å². The maximum absolute atomic E-state index is 12.6. The van der Waals surface area contributed by atoms with Crippen LogP contribution >= 0.6 is 0 Å². The highest BCUT2D eigenvalue weighted by atomic mass is 16.5. The third-order valence-corrected chi connectivity index (χ3v) is 4.46. The molecular weight excluding hydrogens is 342 g/mol. The number of nitrogens with zero attached hydrogens (tertiary/aromatic N) is 1. The average Bonchev–Trinajstić information content (AvgIpc) is 3.09. The number of H-pyrrole nitrogens is 1. The van der Waals surface area contributed by atoms with E-state index in [0.717, 1.165) is 22.2 Å². The number of hydrogen-bond donors (Lipinski definition) is 2. The fourth-order valence-electron chi connectivity index (χ4n) is 2.97. The molecule has 6 nitrogen and oxygen atoms in total. The SMILES string of the molecule is CCN(Cc1cccc(NC(=O)c2cc3ccc(OC)cc3[nH]2)c1)C(C)=O. The fraction of sp³-hybridized carbons (Fsp3) is 0.238. The zero-order valence-electron chi connectivity index (χ0n) is 15.7. The number of carbonyl (C=O) groups is 2. The molecule has 0 radical (unpaired) electrons. The van der Waals surface area contributed by atoms with E-state index < -0.39 is 0 Å². The van der Waals surface area contributed by atoms with Crippen LogP contribution in [0.5, 0.6) is 5.75 Å². The van der Waals surface area contributed by atoms with Gasteiger partial charge >= 0.3 is 0 Å². The maximum Gasteiger partial charge on any atom is 0.272 e. The van der Waals surface area contributed by atoms with Gasteiger partial charge in [-0.05, 0) is 42.8 Å². The summed E-state index contributed by atoms with van der Waals surface area (Å²) in [5, 5.41) is 3.84. The van der Waals surface area contributed by atoms with E-state index in [2.05, 4.69) is 10.3 Å². The molecule has 27 heavy (non-hydrogen) atoms. The number of fused-ring (bicyclic) bond motifs is 1. The molecule has 1 aromatic heterocycles. The molecular formula is C21H23N3O3. The van der Waals surface area contributed by atoms with Crippen LogP contribution in [0, 0.1) is 0 Å². The van der Waals surface area contributed by atoms with Crippen LogP contribution in [0.3, 0.4) is 0 Å². The molecule has 3 aromatic rings. The van der Waals surface area contributed by atoms with Gasteiger partial charge < -0.3 is 19.9 Å². The van der Waals surface area contributed by atoms with E-state index in [4.69, 9.17) is 4.74 Å². The molecule has 0 fully saturated rings. The molecule has 0 atom stereocenters. The summed E-state index contributed by atoms with van der Waals surface area (Å²) in [5.74, 6) is 0.539. The van der Waals surface area contributed by atoms with Gasteiger partial charge in [-0.1, -0.05) is 12.1 Å². The van der Waals surface area contributed by atoms with Gasteiger partial charge in [0.2, 0.25) is 5.91 Å². The van der Waals surface area contributed by atoms with Gasteiger partial charge in [-0.25, -0.2) is 0 Å². The molecule has 0 saturated carbocycles. The molecule has 0 aliphatic rings. The van der Waals surface area contributed by atoms with Gasteiger partial charge in [-0.3, -0.25) is 9.59 Å². The van der Waals surface area contributed by atoms with Crippen LogP contribution in [0.15, 0.2) is 48.5 Å². The van der Waals surface area contributed by atoms with Gasteiger partial charge in [0.1, 0.15) is 11.4 Å². The minimum atomic E-state index is -0.221. The molecule has 0 aliphatic heterocycles. The summed E-state index contributed by atoms with van der Waals surface area (Å²) >= 11 is 0. The number of nitrogens with one attached hydrogen (secondary N) is 2. The van der Waals surface area contributed by atoms with E-state index in [1.807, 2.05) is 55.5 Å². The molecule has 2 N–H and O–H groups in total. The number of rotatable bonds is 6. The van der Waals surface area contributed by atoms with Crippen LogP contribution in [0.2, 0.25) is 0 Å².